The molecule has 3 N–H and O–H groups in total. The molecule has 2 aromatic rings. The largest absolute Gasteiger partial charge is 0.497 e. The Labute approximate surface area is 123 Å². The topological polar surface area (TPSA) is 97.1 Å². The zero-order valence-corrected chi connectivity index (χ0v) is 12.2. The van der Waals surface area contributed by atoms with Gasteiger partial charge >= 0.3 is 0 Å². The smallest absolute Gasteiger partial charge is 0.251 e. The zero-order valence-electron chi connectivity index (χ0n) is 12.2. The quantitative estimate of drug-likeness (QED) is 0.832. The highest BCUT2D eigenvalue weighted by atomic mass is 16.5. The van der Waals surface area contributed by atoms with Crippen molar-refractivity contribution in [1.82, 2.24) is 15.2 Å². The summed E-state index contributed by atoms with van der Waals surface area (Å²) < 4.78 is 5.11. The van der Waals surface area contributed by atoms with Gasteiger partial charge in [0.05, 0.1) is 7.11 Å². The number of hydrogen-bond donors (Lipinski definition) is 2. The zero-order chi connectivity index (χ0) is 15.2. The van der Waals surface area contributed by atoms with Gasteiger partial charge < -0.3 is 10.5 Å². The number of carbonyl (C=O) groups excluding carboxylic acids is 1. The second-order valence-corrected chi connectivity index (χ2v) is 4.53. The number of nitrogens with two attached hydrogens (primary N) is 1. The number of rotatable bonds is 6. The summed E-state index contributed by atoms with van der Waals surface area (Å²) in [7, 11) is 1.61. The van der Waals surface area contributed by atoms with Gasteiger partial charge in [-0.25, -0.2) is 0 Å². The Kier molecular flexibility index (Phi) is 4.89. The predicted octanol–water partition coefficient (Wildman–Crippen LogP) is 1.18. The standard InChI is InChI=1S/C14H19N5O2/c1-10(20)19(9-3-8-15)14-16-13(17-18-14)11-4-6-12(21-2)7-5-11/h4-7H,3,8-9,15H2,1-2H3,(H,16,17,18). The molecule has 1 aromatic heterocycles. The van der Waals surface area contributed by atoms with E-state index in [1.165, 1.54) is 11.8 Å². The summed E-state index contributed by atoms with van der Waals surface area (Å²) in [6, 6.07) is 7.44. The molecule has 0 saturated heterocycles. The van der Waals surface area contributed by atoms with E-state index in [0.717, 1.165) is 11.3 Å². The maximum atomic E-state index is 11.7. The number of aromatic nitrogens is 3. The summed E-state index contributed by atoms with van der Waals surface area (Å²) in [6.07, 6.45) is 0.700. The van der Waals surface area contributed by atoms with Crippen LogP contribution in [-0.2, 0) is 4.79 Å². The van der Waals surface area contributed by atoms with Crippen molar-refractivity contribution in [2.75, 3.05) is 25.1 Å². The lowest BCUT2D eigenvalue weighted by atomic mass is 10.2. The van der Waals surface area contributed by atoms with Crippen LogP contribution in [0.25, 0.3) is 11.4 Å². The normalized spacial score (nSPS) is 10.4. The molecule has 1 heterocycles. The van der Waals surface area contributed by atoms with Gasteiger partial charge in [0.15, 0.2) is 5.82 Å². The number of methoxy groups -OCH3 is 1. The molecule has 0 saturated carbocycles. The lowest BCUT2D eigenvalue weighted by Crippen LogP contribution is -2.31. The van der Waals surface area contributed by atoms with Gasteiger partial charge in [-0.15, -0.1) is 5.10 Å². The van der Waals surface area contributed by atoms with Crippen LogP contribution in [0.5, 0.6) is 5.75 Å². The molecule has 1 amide bonds. The van der Waals surface area contributed by atoms with E-state index in [9.17, 15) is 4.79 Å². The molecule has 0 spiro atoms. The van der Waals surface area contributed by atoms with Crippen molar-refractivity contribution in [3.05, 3.63) is 24.3 Å². The van der Waals surface area contributed by atoms with Crippen molar-refractivity contribution in [2.45, 2.75) is 13.3 Å². The maximum Gasteiger partial charge on any atom is 0.251 e. The van der Waals surface area contributed by atoms with Crippen LogP contribution in [0.15, 0.2) is 24.3 Å². The molecule has 112 valence electrons. The molecule has 7 heteroatoms. The van der Waals surface area contributed by atoms with Crippen LogP contribution in [0.4, 0.5) is 5.95 Å². The fraction of sp³-hybridized carbons (Fsp3) is 0.357. The van der Waals surface area contributed by atoms with Crippen molar-refractivity contribution in [1.29, 1.82) is 0 Å². The van der Waals surface area contributed by atoms with Crippen LogP contribution in [0, 0.1) is 0 Å². The Morgan fingerprint density at radius 1 is 1.38 bits per heavy atom. The summed E-state index contributed by atoms with van der Waals surface area (Å²) in [5.41, 5.74) is 6.35. The third-order valence-electron chi connectivity index (χ3n) is 3.04. The number of nitrogens with one attached hydrogen (secondary N) is 1. The summed E-state index contributed by atoms with van der Waals surface area (Å²) in [6.45, 7) is 2.51. The highest BCUT2D eigenvalue weighted by Gasteiger charge is 2.16. The molecule has 1 aromatic carbocycles. The molecule has 21 heavy (non-hydrogen) atoms. The van der Waals surface area contributed by atoms with Gasteiger partial charge in [-0.05, 0) is 37.2 Å². The molecule has 0 unspecified atom stereocenters. The minimum Gasteiger partial charge on any atom is -0.497 e. The van der Waals surface area contributed by atoms with Gasteiger partial charge in [-0.3, -0.25) is 14.8 Å². The summed E-state index contributed by atoms with van der Waals surface area (Å²) in [5, 5.41) is 6.95. The summed E-state index contributed by atoms with van der Waals surface area (Å²) in [4.78, 5) is 17.5. The van der Waals surface area contributed by atoms with Gasteiger partial charge in [0.1, 0.15) is 5.75 Å². The number of carbonyl (C=O) groups is 1. The Bertz CT molecular complexity index is 594. The molecule has 0 fully saturated rings. The van der Waals surface area contributed by atoms with E-state index in [4.69, 9.17) is 10.5 Å². The number of nitrogens with zero attached hydrogens (tertiary/aromatic N) is 3. The third kappa shape index (κ3) is 3.57. The van der Waals surface area contributed by atoms with Gasteiger partial charge in [0, 0.05) is 19.0 Å². The first-order valence-corrected chi connectivity index (χ1v) is 6.70. The first kappa shape index (κ1) is 15.0. The van der Waals surface area contributed by atoms with Crippen LogP contribution in [0.1, 0.15) is 13.3 Å². The monoisotopic (exact) mass is 289 g/mol. The van der Waals surface area contributed by atoms with E-state index in [1.807, 2.05) is 24.3 Å². The molecule has 2 rings (SSSR count). The van der Waals surface area contributed by atoms with Crippen LogP contribution >= 0.6 is 0 Å². The van der Waals surface area contributed by atoms with E-state index in [0.29, 0.717) is 31.3 Å². The van der Waals surface area contributed by atoms with Gasteiger partial charge in [-0.1, -0.05) is 0 Å². The first-order chi connectivity index (χ1) is 10.2. The molecule has 0 aliphatic carbocycles. The van der Waals surface area contributed by atoms with E-state index < -0.39 is 0 Å². The number of H-pyrrole nitrogens is 1. The van der Waals surface area contributed by atoms with Crippen LogP contribution < -0.4 is 15.4 Å². The summed E-state index contributed by atoms with van der Waals surface area (Å²) in [5.74, 6) is 1.63. The fourth-order valence-electron chi connectivity index (χ4n) is 1.90. The van der Waals surface area contributed by atoms with Gasteiger partial charge in [-0.2, -0.15) is 4.98 Å². The average Bonchev–Trinajstić information content (AvgIpc) is 2.97. The Balaban J connectivity index is 2.20. The Hall–Kier alpha value is -2.41. The van der Waals surface area contributed by atoms with Crippen molar-refractivity contribution in [2.24, 2.45) is 5.73 Å². The number of hydrogen-bond acceptors (Lipinski definition) is 5. The minimum absolute atomic E-state index is 0.108. The molecular formula is C14H19N5O2. The minimum atomic E-state index is -0.108. The van der Waals surface area contributed by atoms with E-state index in [1.54, 1.807) is 7.11 Å². The second kappa shape index (κ2) is 6.85. The van der Waals surface area contributed by atoms with E-state index in [2.05, 4.69) is 15.2 Å². The number of aromatic amines is 1. The Morgan fingerprint density at radius 3 is 2.67 bits per heavy atom. The van der Waals surface area contributed by atoms with Crippen LogP contribution in [-0.4, -0.2) is 41.3 Å². The van der Waals surface area contributed by atoms with Crippen molar-refractivity contribution < 1.29 is 9.53 Å². The first-order valence-electron chi connectivity index (χ1n) is 6.70. The van der Waals surface area contributed by atoms with E-state index >= 15 is 0 Å². The predicted molar refractivity (Wildman–Crippen MR) is 80.1 cm³/mol. The number of anilines is 1. The lowest BCUT2D eigenvalue weighted by molar-refractivity contribution is -0.116. The molecule has 0 bridgehead atoms. The van der Waals surface area contributed by atoms with Crippen molar-refractivity contribution >= 4 is 11.9 Å². The third-order valence-corrected chi connectivity index (χ3v) is 3.04. The molecule has 0 atom stereocenters. The van der Waals surface area contributed by atoms with Gasteiger partial charge in [0.25, 0.3) is 5.95 Å². The number of ether oxygens (including phenoxy) is 1. The molecule has 0 radical (unpaired) electrons. The van der Waals surface area contributed by atoms with Crippen molar-refractivity contribution in [3.63, 3.8) is 0 Å². The highest BCUT2D eigenvalue weighted by Crippen LogP contribution is 2.21. The molecule has 0 aliphatic heterocycles. The van der Waals surface area contributed by atoms with Crippen LogP contribution in [0.2, 0.25) is 0 Å². The average molecular weight is 289 g/mol. The number of benzene rings is 1. The lowest BCUT2D eigenvalue weighted by Gasteiger charge is -2.15. The van der Waals surface area contributed by atoms with Crippen LogP contribution in [0.3, 0.4) is 0 Å². The highest BCUT2D eigenvalue weighted by molar-refractivity contribution is 5.89. The number of amides is 1. The Morgan fingerprint density at radius 2 is 2.10 bits per heavy atom. The fourth-order valence-corrected chi connectivity index (χ4v) is 1.90. The van der Waals surface area contributed by atoms with Crippen molar-refractivity contribution in [3.8, 4) is 17.1 Å². The summed E-state index contributed by atoms with van der Waals surface area (Å²) >= 11 is 0. The molecular weight excluding hydrogens is 270 g/mol. The maximum absolute atomic E-state index is 11.7. The second-order valence-electron chi connectivity index (χ2n) is 4.53. The van der Waals surface area contributed by atoms with E-state index in [-0.39, 0.29) is 5.91 Å². The molecule has 7 nitrogen and oxygen atoms in total. The van der Waals surface area contributed by atoms with Gasteiger partial charge in [0.2, 0.25) is 5.91 Å². The SMILES string of the molecule is COc1ccc(-c2nc(N(CCCN)C(C)=O)n[nH]2)cc1. The molecule has 0 aliphatic rings.